The molecule has 0 aromatic heterocycles. The van der Waals surface area contributed by atoms with Gasteiger partial charge in [0.2, 0.25) is 0 Å². The van der Waals surface area contributed by atoms with Crippen molar-refractivity contribution in [1.29, 1.82) is 0 Å². The lowest BCUT2D eigenvalue weighted by Gasteiger charge is -2.31. The number of piperidine rings is 1. The minimum atomic E-state index is 0.700. The normalized spacial score (nSPS) is 15.4. The second-order valence-electron chi connectivity index (χ2n) is 6.23. The van der Waals surface area contributed by atoms with E-state index in [2.05, 4.69) is 36.4 Å². The quantitative estimate of drug-likeness (QED) is 0.523. The molecule has 5 nitrogen and oxygen atoms in total. The number of rotatable bonds is 12. The van der Waals surface area contributed by atoms with Gasteiger partial charge in [0.1, 0.15) is 0 Å². The van der Waals surface area contributed by atoms with E-state index < -0.39 is 0 Å². The molecule has 0 aliphatic carbocycles. The predicted molar refractivity (Wildman–Crippen MR) is 111 cm³/mol. The van der Waals surface area contributed by atoms with Crippen LogP contribution < -0.4 is 10.6 Å². The Hall–Kier alpha value is -0.200. The van der Waals surface area contributed by atoms with Crippen LogP contribution in [-0.2, 0) is 9.47 Å². The second kappa shape index (κ2) is 21.8. The highest BCUT2D eigenvalue weighted by atomic mass is 16.5. The number of hydrogen-bond acceptors (Lipinski definition) is 5. The lowest BCUT2D eigenvalue weighted by atomic mass is 10.1. The first-order chi connectivity index (χ1) is 12.2. The van der Waals surface area contributed by atoms with Crippen molar-refractivity contribution in [3.63, 3.8) is 0 Å². The molecule has 1 aliphatic heterocycles. The van der Waals surface area contributed by atoms with Crippen LogP contribution in [0, 0.1) is 5.92 Å². The van der Waals surface area contributed by atoms with Gasteiger partial charge in [0.25, 0.3) is 0 Å². The molecule has 154 valence electrons. The van der Waals surface area contributed by atoms with Gasteiger partial charge >= 0.3 is 0 Å². The van der Waals surface area contributed by atoms with Crippen molar-refractivity contribution in [2.45, 2.75) is 60.4 Å². The largest absolute Gasteiger partial charge is 0.378 e. The fraction of sp³-hybridized carbons (Fsp3) is 1.00. The first-order valence-electron chi connectivity index (χ1n) is 10.5. The number of likely N-dealkylation sites (tertiary alicyclic amines) is 1. The molecule has 1 fully saturated rings. The van der Waals surface area contributed by atoms with E-state index in [-0.39, 0.29) is 0 Å². The molecule has 0 bridgehead atoms. The molecule has 1 aliphatic rings. The van der Waals surface area contributed by atoms with Crippen molar-refractivity contribution in [2.24, 2.45) is 5.92 Å². The maximum atomic E-state index is 5.63. The molecule has 1 heterocycles. The van der Waals surface area contributed by atoms with Crippen LogP contribution in [0.1, 0.15) is 54.4 Å². The summed E-state index contributed by atoms with van der Waals surface area (Å²) in [6, 6.07) is 0.708. The van der Waals surface area contributed by atoms with Gasteiger partial charge in [-0.05, 0) is 45.4 Å². The van der Waals surface area contributed by atoms with E-state index >= 15 is 0 Å². The summed E-state index contributed by atoms with van der Waals surface area (Å²) in [7, 11) is 2.06. The fourth-order valence-electron chi connectivity index (χ4n) is 2.50. The number of hydrogen-bond donors (Lipinski definition) is 2. The van der Waals surface area contributed by atoms with Crippen LogP contribution in [0.3, 0.4) is 0 Å². The minimum absolute atomic E-state index is 0.700. The lowest BCUT2D eigenvalue weighted by Crippen LogP contribution is -2.42. The Morgan fingerprint density at radius 1 is 0.920 bits per heavy atom. The lowest BCUT2D eigenvalue weighted by molar-refractivity contribution is 0.0365. The fourth-order valence-corrected chi connectivity index (χ4v) is 2.50. The van der Waals surface area contributed by atoms with E-state index in [1.54, 1.807) is 0 Å². The summed E-state index contributed by atoms with van der Waals surface area (Å²) >= 11 is 0. The third-order valence-electron chi connectivity index (χ3n) is 3.90. The van der Waals surface area contributed by atoms with E-state index in [0.717, 1.165) is 32.8 Å². The molecule has 0 aromatic rings. The van der Waals surface area contributed by atoms with Gasteiger partial charge in [-0.15, -0.1) is 0 Å². The van der Waals surface area contributed by atoms with Crippen LogP contribution in [0.15, 0.2) is 0 Å². The molecule has 1 rings (SSSR count). The standard InChI is InChI=1S/C16H35N3O2.2C2H6/c1-15(2)14-18-6-10-20-12-13-21-11-9-19-7-4-16(17-3)5-8-19;2*1-2/h15-18H,4-14H2,1-3H3;2*1-2H3. The third kappa shape index (κ3) is 18.4. The van der Waals surface area contributed by atoms with Gasteiger partial charge in [0.15, 0.2) is 0 Å². The van der Waals surface area contributed by atoms with Gasteiger partial charge in [0, 0.05) is 19.1 Å². The molecule has 0 unspecified atom stereocenters. The Balaban J connectivity index is 0. The zero-order chi connectivity index (χ0) is 19.3. The van der Waals surface area contributed by atoms with Crippen LogP contribution in [0.4, 0.5) is 0 Å². The highest BCUT2D eigenvalue weighted by molar-refractivity contribution is 4.75. The first-order valence-corrected chi connectivity index (χ1v) is 10.5. The Morgan fingerprint density at radius 2 is 1.48 bits per heavy atom. The molecule has 5 heteroatoms. The van der Waals surface area contributed by atoms with Crippen molar-refractivity contribution in [1.82, 2.24) is 15.5 Å². The zero-order valence-corrected chi connectivity index (χ0v) is 18.2. The van der Waals surface area contributed by atoms with Crippen molar-refractivity contribution < 1.29 is 9.47 Å². The summed E-state index contributed by atoms with van der Waals surface area (Å²) in [6.45, 7) is 20.8. The van der Waals surface area contributed by atoms with Gasteiger partial charge in [-0.3, -0.25) is 0 Å². The van der Waals surface area contributed by atoms with Gasteiger partial charge in [-0.1, -0.05) is 41.5 Å². The summed E-state index contributed by atoms with van der Waals surface area (Å²) < 4.78 is 11.2. The van der Waals surface area contributed by atoms with E-state index in [9.17, 15) is 0 Å². The molecule has 0 amide bonds. The van der Waals surface area contributed by atoms with Gasteiger partial charge < -0.3 is 25.0 Å². The number of ether oxygens (including phenoxy) is 2. The maximum Gasteiger partial charge on any atom is 0.0701 e. The third-order valence-corrected chi connectivity index (χ3v) is 3.90. The van der Waals surface area contributed by atoms with Crippen LogP contribution in [0.25, 0.3) is 0 Å². The molecule has 25 heavy (non-hydrogen) atoms. The Kier molecular flexibility index (Phi) is 23.6. The predicted octanol–water partition coefficient (Wildman–Crippen LogP) is 3.00. The number of nitrogens with zero attached hydrogens (tertiary/aromatic N) is 1. The molecular formula is C20H47N3O2. The second-order valence-corrected chi connectivity index (χ2v) is 6.23. The Labute approximate surface area is 158 Å². The number of nitrogens with one attached hydrogen (secondary N) is 2. The van der Waals surface area contributed by atoms with Gasteiger partial charge in [0.05, 0.1) is 26.4 Å². The molecule has 0 atom stereocenters. The van der Waals surface area contributed by atoms with Crippen LogP contribution in [0.5, 0.6) is 0 Å². The molecule has 1 saturated heterocycles. The van der Waals surface area contributed by atoms with Crippen molar-refractivity contribution in [3.8, 4) is 0 Å². The minimum Gasteiger partial charge on any atom is -0.378 e. The summed E-state index contributed by atoms with van der Waals surface area (Å²) in [5, 5.41) is 6.72. The van der Waals surface area contributed by atoms with Crippen molar-refractivity contribution in [3.05, 3.63) is 0 Å². The van der Waals surface area contributed by atoms with Crippen molar-refractivity contribution in [2.75, 3.05) is 66.2 Å². The van der Waals surface area contributed by atoms with E-state index in [0.29, 0.717) is 25.2 Å². The monoisotopic (exact) mass is 361 g/mol. The average Bonchev–Trinajstić information content (AvgIpc) is 2.66. The smallest absolute Gasteiger partial charge is 0.0701 e. The van der Waals surface area contributed by atoms with Gasteiger partial charge in [-0.25, -0.2) is 0 Å². The average molecular weight is 362 g/mol. The molecule has 0 saturated carbocycles. The van der Waals surface area contributed by atoms with E-state index in [1.165, 1.54) is 25.9 Å². The molecule has 0 aromatic carbocycles. The first kappa shape index (κ1) is 27.0. The van der Waals surface area contributed by atoms with E-state index in [4.69, 9.17) is 9.47 Å². The highest BCUT2D eigenvalue weighted by Crippen LogP contribution is 2.08. The highest BCUT2D eigenvalue weighted by Gasteiger charge is 2.16. The van der Waals surface area contributed by atoms with Gasteiger partial charge in [-0.2, -0.15) is 0 Å². The Morgan fingerprint density at radius 3 is 2.00 bits per heavy atom. The Bertz CT molecular complexity index is 233. The van der Waals surface area contributed by atoms with Crippen LogP contribution in [-0.4, -0.2) is 77.1 Å². The molecule has 0 radical (unpaired) electrons. The molecule has 0 spiro atoms. The SMILES string of the molecule is CC.CC.CNC1CCN(CCOCCOCCNCC(C)C)CC1. The van der Waals surface area contributed by atoms with E-state index in [1.807, 2.05) is 27.7 Å². The maximum absolute atomic E-state index is 5.63. The molecular weight excluding hydrogens is 314 g/mol. The van der Waals surface area contributed by atoms with Crippen molar-refractivity contribution >= 4 is 0 Å². The van der Waals surface area contributed by atoms with Crippen LogP contribution >= 0.6 is 0 Å². The van der Waals surface area contributed by atoms with Crippen LogP contribution in [0.2, 0.25) is 0 Å². The topological polar surface area (TPSA) is 45.8 Å². The zero-order valence-electron chi connectivity index (χ0n) is 18.2. The molecule has 2 N–H and O–H groups in total. The summed E-state index contributed by atoms with van der Waals surface area (Å²) in [5.41, 5.74) is 0. The summed E-state index contributed by atoms with van der Waals surface area (Å²) in [6.07, 6.45) is 2.51. The summed E-state index contributed by atoms with van der Waals surface area (Å²) in [5.74, 6) is 0.700. The summed E-state index contributed by atoms with van der Waals surface area (Å²) in [4.78, 5) is 2.49.